The summed E-state index contributed by atoms with van der Waals surface area (Å²) in [4.78, 5) is 0. The molecule has 0 fully saturated rings. The fourth-order valence-electron chi connectivity index (χ4n) is 1.03. The molecule has 0 radical (unpaired) electrons. The monoisotopic (exact) mass is 161 g/mol. The van der Waals surface area contributed by atoms with Gasteiger partial charge in [0.2, 0.25) is 0 Å². The summed E-state index contributed by atoms with van der Waals surface area (Å²) in [6.45, 7) is 1.73. The van der Waals surface area contributed by atoms with Crippen molar-refractivity contribution in [3.05, 3.63) is 29.3 Å². The molecule has 0 atom stereocenters. The highest BCUT2D eigenvalue weighted by Crippen LogP contribution is 2.00. The topological polar surface area (TPSA) is 64.2 Å². The van der Waals surface area contributed by atoms with Crippen molar-refractivity contribution in [2.45, 2.75) is 6.92 Å². The summed E-state index contributed by atoms with van der Waals surface area (Å²) in [6, 6.07) is 6.69. The minimum Gasteiger partial charge on any atom is -0.423 e. The minimum absolute atomic E-state index is 0.439. The first-order chi connectivity index (χ1) is 5.65. The zero-order valence-electron chi connectivity index (χ0n) is 6.65. The molecule has 60 valence electrons. The summed E-state index contributed by atoms with van der Waals surface area (Å²) >= 11 is 0. The molecular weight excluding hydrogens is 153 g/mol. The van der Waals surface area contributed by atoms with Gasteiger partial charge in [-0.05, 0) is 24.5 Å². The van der Waals surface area contributed by atoms with Gasteiger partial charge in [-0.25, -0.2) is 0 Å². The van der Waals surface area contributed by atoms with E-state index in [-0.39, 0.29) is 0 Å². The van der Waals surface area contributed by atoms with Gasteiger partial charge in [0.05, 0.1) is 11.6 Å². The Kier molecular flexibility index (Phi) is 2.49. The third-order valence-corrected chi connectivity index (χ3v) is 1.68. The van der Waals surface area contributed by atoms with Crippen molar-refractivity contribution in [3.63, 3.8) is 0 Å². The van der Waals surface area contributed by atoms with Crippen molar-refractivity contribution >= 4 is 12.6 Å². The van der Waals surface area contributed by atoms with Gasteiger partial charge in [-0.1, -0.05) is 11.6 Å². The normalized spacial score (nSPS) is 9.17. The molecule has 0 aliphatic rings. The lowest BCUT2D eigenvalue weighted by molar-refractivity contribution is 0.425. The largest absolute Gasteiger partial charge is 0.488 e. The molecule has 0 bridgehead atoms. The van der Waals surface area contributed by atoms with Gasteiger partial charge >= 0.3 is 7.12 Å². The highest BCUT2D eigenvalue weighted by Gasteiger charge is 2.13. The fraction of sp³-hybridized carbons (Fsp3) is 0.125. The van der Waals surface area contributed by atoms with Crippen LogP contribution in [0.2, 0.25) is 0 Å². The van der Waals surface area contributed by atoms with Gasteiger partial charge in [0, 0.05) is 0 Å². The number of hydrogen-bond acceptors (Lipinski definition) is 3. The second-order valence-corrected chi connectivity index (χ2v) is 2.56. The van der Waals surface area contributed by atoms with Gasteiger partial charge in [0.15, 0.2) is 0 Å². The molecule has 4 heteroatoms. The molecule has 0 heterocycles. The van der Waals surface area contributed by atoms with Crippen LogP contribution >= 0.6 is 0 Å². The maximum Gasteiger partial charge on any atom is 0.488 e. The van der Waals surface area contributed by atoms with E-state index in [1.807, 2.05) is 6.07 Å². The van der Waals surface area contributed by atoms with Gasteiger partial charge in [0.1, 0.15) is 0 Å². The summed E-state index contributed by atoms with van der Waals surface area (Å²) in [5.41, 5.74) is 1.68. The summed E-state index contributed by atoms with van der Waals surface area (Å²) < 4.78 is 0. The Labute approximate surface area is 71.0 Å². The SMILES string of the molecule is Cc1cc(C#N)ccc1B(O)O. The van der Waals surface area contributed by atoms with Crippen LogP contribution in [0.1, 0.15) is 11.1 Å². The molecule has 0 aliphatic heterocycles. The number of rotatable bonds is 1. The van der Waals surface area contributed by atoms with Gasteiger partial charge in [-0.2, -0.15) is 5.26 Å². The van der Waals surface area contributed by atoms with Crippen LogP contribution in [-0.4, -0.2) is 17.2 Å². The summed E-state index contributed by atoms with van der Waals surface area (Å²) in [5, 5.41) is 26.2. The molecule has 1 aromatic carbocycles. The van der Waals surface area contributed by atoms with Crippen LogP contribution in [0.25, 0.3) is 0 Å². The average Bonchev–Trinajstić information content (AvgIpc) is 2.03. The Hall–Kier alpha value is -1.31. The van der Waals surface area contributed by atoms with E-state index < -0.39 is 7.12 Å². The van der Waals surface area contributed by atoms with Gasteiger partial charge in [0.25, 0.3) is 0 Å². The number of aryl methyl sites for hydroxylation is 1. The van der Waals surface area contributed by atoms with Crippen LogP contribution in [0, 0.1) is 18.3 Å². The third-order valence-electron chi connectivity index (χ3n) is 1.68. The van der Waals surface area contributed by atoms with Crippen LogP contribution in [0.4, 0.5) is 0 Å². The zero-order valence-corrected chi connectivity index (χ0v) is 6.65. The van der Waals surface area contributed by atoms with Crippen LogP contribution < -0.4 is 5.46 Å². The first-order valence-electron chi connectivity index (χ1n) is 3.52. The van der Waals surface area contributed by atoms with Crippen LogP contribution in [0.5, 0.6) is 0 Å². The summed E-state index contributed by atoms with van der Waals surface area (Å²) in [5.74, 6) is 0. The van der Waals surface area contributed by atoms with Crippen molar-refractivity contribution in [1.82, 2.24) is 0 Å². The molecule has 0 amide bonds. The van der Waals surface area contributed by atoms with Crippen LogP contribution in [0.15, 0.2) is 18.2 Å². The molecule has 0 aliphatic carbocycles. The lowest BCUT2D eigenvalue weighted by Gasteiger charge is -2.03. The number of benzene rings is 1. The van der Waals surface area contributed by atoms with Crippen molar-refractivity contribution in [2.75, 3.05) is 0 Å². The summed E-state index contributed by atoms with van der Waals surface area (Å²) in [7, 11) is -1.46. The Morgan fingerprint density at radius 3 is 2.50 bits per heavy atom. The Morgan fingerprint density at radius 2 is 2.08 bits per heavy atom. The fourth-order valence-corrected chi connectivity index (χ4v) is 1.03. The lowest BCUT2D eigenvalue weighted by Crippen LogP contribution is -2.31. The second-order valence-electron chi connectivity index (χ2n) is 2.56. The molecule has 1 rings (SSSR count). The molecule has 1 aromatic rings. The molecule has 0 unspecified atom stereocenters. The smallest absolute Gasteiger partial charge is 0.423 e. The molecule has 2 N–H and O–H groups in total. The zero-order chi connectivity index (χ0) is 9.14. The van der Waals surface area contributed by atoms with Crippen LogP contribution in [0.3, 0.4) is 0 Å². The molecule has 0 saturated carbocycles. The van der Waals surface area contributed by atoms with E-state index in [1.165, 1.54) is 0 Å². The van der Waals surface area contributed by atoms with Crippen molar-refractivity contribution < 1.29 is 10.0 Å². The van der Waals surface area contributed by atoms with Gasteiger partial charge in [-0.15, -0.1) is 0 Å². The van der Waals surface area contributed by atoms with E-state index >= 15 is 0 Å². The van der Waals surface area contributed by atoms with E-state index in [9.17, 15) is 0 Å². The number of nitriles is 1. The number of hydrogen-bond donors (Lipinski definition) is 2. The quantitative estimate of drug-likeness (QED) is 0.548. The molecule has 0 spiro atoms. The van der Waals surface area contributed by atoms with Crippen molar-refractivity contribution in [2.24, 2.45) is 0 Å². The summed E-state index contributed by atoms with van der Waals surface area (Å²) in [6.07, 6.45) is 0. The van der Waals surface area contributed by atoms with Crippen molar-refractivity contribution in [3.8, 4) is 6.07 Å². The molecule has 12 heavy (non-hydrogen) atoms. The highest BCUT2D eigenvalue weighted by molar-refractivity contribution is 6.59. The van der Waals surface area contributed by atoms with Crippen LogP contribution in [-0.2, 0) is 0 Å². The Balaban J connectivity index is 3.14. The molecular formula is C8H8BNO2. The first kappa shape index (κ1) is 8.79. The number of nitrogens with zero attached hydrogens (tertiary/aromatic N) is 1. The molecule has 0 aromatic heterocycles. The van der Waals surface area contributed by atoms with Crippen molar-refractivity contribution in [1.29, 1.82) is 5.26 Å². The van der Waals surface area contributed by atoms with E-state index in [1.54, 1.807) is 25.1 Å². The predicted molar refractivity (Wildman–Crippen MR) is 45.7 cm³/mol. The van der Waals surface area contributed by atoms with E-state index in [2.05, 4.69) is 0 Å². The van der Waals surface area contributed by atoms with E-state index in [0.717, 1.165) is 0 Å². The van der Waals surface area contributed by atoms with E-state index in [4.69, 9.17) is 15.3 Å². The standard InChI is InChI=1S/C8H8BNO2/c1-6-4-7(5-10)2-3-8(6)9(11)12/h2-4,11-12H,1H3. The Morgan fingerprint density at radius 1 is 1.42 bits per heavy atom. The maximum atomic E-state index is 8.84. The Bertz CT molecular complexity index is 330. The maximum absolute atomic E-state index is 8.84. The molecule has 3 nitrogen and oxygen atoms in total. The minimum atomic E-state index is -1.46. The van der Waals surface area contributed by atoms with Gasteiger partial charge < -0.3 is 10.0 Å². The van der Waals surface area contributed by atoms with Gasteiger partial charge in [-0.3, -0.25) is 0 Å². The highest BCUT2D eigenvalue weighted by atomic mass is 16.4. The predicted octanol–water partition coefficient (Wildman–Crippen LogP) is -0.454. The lowest BCUT2D eigenvalue weighted by atomic mass is 9.77. The molecule has 0 saturated heterocycles. The van der Waals surface area contributed by atoms with E-state index in [0.29, 0.717) is 16.6 Å². The average molecular weight is 161 g/mol. The first-order valence-corrected chi connectivity index (χ1v) is 3.52. The third kappa shape index (κ3) is 1.64. The second kappa shape index (κ2) is 3.39.